The number of piperazine rings is 1. The topological polar surface area (TPSA) is 63.4 Å². The van der Waals surface area contributed by atoms with Crippen LogP contribution in [0.3, 0.4) is 0 Å². The fourth-order valence-electron chi connectivity index (χ4n) is 5.80. The molecule has 0 atom stereocenters. The van der Waals surface area contributed by atoms with Gasteiger partial charge in [-0.05, 0) is 32.8 Å². The van der Waals surface area contributed by atoms with E-state index in [9.17, 15) is 14.0 Å². The second-order valence-corrected chi connectivity index (χ2v) is 9.95. The molecule has 7 nitrogen and oxygen atoms in total. The number of carbonyl (C=O) groups excluding carboxylic acids is 1. The van der Waals surface area contributed by atoms with E-state index in [0.29, 0.717) is 36.6 Å². The molecule has 3 aromatic rings. The van der Waals surface area contributed by atoms with Crippen LogP contribution in [0.4, 0.5) is 4.39 Å². The van der Waals surface area contributed by atoms with Gasteiger partial charge in [-0.25, -0.2) is 9.07 Å². The Morgan fingerprint density at radius 1 is 1.03 bits per heavy atom. The smallest absolute Gasteiger partial charge is 0.276 e. The Kier molecular flexibility index (Phi) is 6.73. The minimum absolute atomic E-state index is 0.0603. The van der Waals surface area contributed by atoms with Gasteiger partial charge in [0.05, 0.1) is 18.1 Å². The van der Waals surface area contributed by atoms with Crippen LogP contribution in [0, 0.1) is 19.7 Å². The van der Waals surface area contributed by atoms with Crippen molar-refractivity contribution in [3.63, 3.8) is 0 Å². The second kappa shape index (κ2) is 9.93. The van der Waals surface area contributed by atoms with E-state index in [1.165, 1.54) is 42.9 Å². The lowest BCUT2D eigenvalue weighted by molar-refractivity contribution is -0.134. The van der Waals surface area contributed by atoms with Gasteiger partial charge in [0.25, 0.3) is 5.56 Å². The average Bonchev–Trinajstić information content (AvgIpc) is 3.12. The maximum absolute atomic E-state index is 14.3. The highest BCUT2D eigenvalue weighted by Crippen LogP contribution is 2.25. The average molecular weight is 480 g/mol. The highest BCUT2D eigenvalue weighted by atomic mass is 19.1. The maximum atomic E-state index is 14.3. The molecule has 1 saturated heterocycles. The van der Waals surface area contributed by atoms with E-state index in [1.807, 2.05) is 23.3 Å². The summed E-state index contributed by atoms with van der Waals surface area (Å²) in [6.07, 6.45) is 8.15. The Hall–Kier alpha value is -3.00. The van der Waals surface area contributed by atoms with Crippen molar-refractivity contribution in [3.05, 3.63) is 63.6 Å². The van der Waals surface area contributed by atoms with Crippen LogP contribution in [-0.2, 0) is 17.9 Å². The first kappa shape index (κ1) is 23.7. The zero-order valence-corrected chi connectivity index (χ0v) is 20.7. The maximum Gasteiger partial charge on any atom is 0.276 e. The number of hydrogen-bond acceptors (Lipinski definition) is 4. The Morgan fingerprint density at radius 3 is 2.46 bits per heavy atom. The van der Waals surface area contributed by atoms with E-state index in [1.54, 1.807) is 24.4 Å². The second-order valence-electron chi connectivity index (χ2n) is 9.95. The first-order valence-electron chi connectivity index (χ1n) is 12.7. The number of hydrogen-bond donors (Lipinski definition) is 0. The summed E-state index contributed by atoms with van der Waals surface area (Å²) in [5.41, 5.74) is 1.91. The number of rotatable bonds is 5. The number of halogens is 1. The lowest BCUT2D eigenvalue weighted by atomic mass is 9.94. The molecule has 2 aliphatic rings. The summed E-state index contributed by atoms with van der Waals surface area (Å²) in [5.74, 6) is -0.337. The minimum atomic E-state index is -0.274. The van der Waals surface area contributed by atoms with Crippen molar-refractivity contribution >= 4 is 16.7 Å². The van der Waals surface area contributed by atoms with E-state index < -0.39 is 0 Å². The van der Waals surface area contributed by atoms with E-state index in [-0.39, 0.29) is 23.8 Å². The van der Waals surface area contributed by atoms with Gasteiger partial charge in [-0.3, -0.25) is 14.5 Å². The zero-order chi connectivity index (χ0) is 24.5. The van der Waals surface area contributed by atoms with Gasteiger partial charge < -0.3 is 9.47 Å². The van der Waals surface area contributed by atoms with Crippen molar-refractivity contribution in [2.75, 3.05) is 26.2 Å². The lowest BCUT2D eigenvalue weighted by Crippen LogP contribution is -2.53. The molecular weight excluding hydrogens is 445 g/mol. The lowest BCUT2D eigenvalue weighted by Gasteiger charge is -2.40. The van der Waals surface area contributed by atoms with Gasteiger partial charge in [0, 0.05) is 54.6 Å². The van der Waals surface area contributed by atoms with Crippen LogP contribution in [0.2, 0.25) is 0 Å². The SMILES string of the molecule is Cc1c2cnn(CC(=O)N3CCN(C4CCCCC4)CC3)c(=O)c2c(C)n1Cc1ccccc1F. The van der Waals surface area contributed by atoms with Gasteiger partial charge >= 0.3 is 0 Å². The molecule has 1 aromatic carbocycles. The molecule has 0 spiro atoms. The monoisotopic (exact) mass is 479 g/mol. The predicted molar refractivity (Wildman–Crippen MR) is 134 cm³/mol. The number of aryl methyl sites for hydroxylation is 2. The summed E-state index contributed by atoms with van der Waals surface area (Å²) >= 11 is 0. The third kappa shape index (κ3) is 4.63. The van der Waals surface area contributed by atoms with Gasteiger partial charge in [0.15, 0.2) is 0 Å². The molecule has 2 fully saturated rings. The summed E-state index contributed by atoms with van der Waals surface area (Å²) in [4.78, 5) is 30.8. The third-order valence-electron chi connectivity index (χ3n) is 7.93. The van der Waals surface area contributed by atoms with Gasteiger partial charge in [-0.2, -0.15) is 5.10 Å². The molecule has 3 heterocycles. The first-order valence-corrected chi connectivity index (χ1v) is 12.7. The molecule has 0 N–H and O–H groups in total. The Morgan fingerprint density at radius 2 is 1.74 bits per heavy atom. The zero-order valence-electron chi connectivity index (χ0n) is 20.7. The summed E-state index contributed by atoms with van der Waals surface area (Å²) in [6, 6.07) is 7.33. The highest BCUT2D eigenvalue weighted by Gasteiger charge is 2.27. The standard InChI is InChI=1S/C27H34FN5O2/c1-19-23-16-29-33(18-25(34)31-14-12-30(13-15-31)22-9-4-3-5-10-22)27(35)26(23)20(2)32(19)17-21-8-6-7-11-24(21)28/h6-8,11,16,22H,3-5,9-10,12-15,17-18H2,1-2H3. The minimum Gasteiger partial charge on any atom is -0.343 e. The molecule has 1 amide bonds. The molecule has 2 aromatic heterocycles. The molecule has 5 rings (SSSR count). The largest absolute Gasteiger partial charge is 0.343 e. The van der Waals surface area contributed by atoms with Crippen molar-refractivity contribution in [2.24, 2.45) is 0 Å². The van der Waals surface area contributed by atoms with Gasteiger partial charge in [0.1, 0.15) is 12.4 Å². The number of amides is 1. The summed E-state index contributed by atoms with van der Waals surface area (Å²) in [7, 11) is 0. The van der Waals surface area contributed by atoms with Crippen molar-refractivity contribution in [1.29, 1.82) is 0 Å². The van der Waals surface area contributed by atoms with Crippen molar-refractivity contribution in [1.82, 2.24) is 24.1 Å². The molecule has 0 radical (unpaired) electrons. The van der Waals surface area contributed by atoms with Crippen LogP contribution in [0.1, 0.15) is 49.1 Å². The molecule has 186 valence electrons. The molecule has 1 aliphatic heterocycles. The molecule has 1 saturated carbocycles. The van der Waals surface area contributed by atoms with Gasteiger partial charge in [-0.15, -0.1) is 0 Å². The Balaban J connectivity index is 1.32. The van der Waals surface area contributed by atoms with Gasteiger partial charge in [-0.1, -0.05) is 37.5 Å². The molecular formula is C27H34FN5O2. The van der Waals surface area contributed by atoms with Crippen LogP contribution < -0.4 is 5.56 Å². The number of carbonyl (C=O) groups is 1. The summed E-state index contributed by atoms with van der Waals surface area (Å²) < 4.78 is 17.5. The number of nitrogens with zero attached hydrogens (tertiary/aromatic N) is 5. The Labute approximate surface area is 205 Å². The molecule has 8 heteroatoms. The number of benzene rings is 1. The first-order chi connectivity index (χ1) is 16.9. The van der Waals surface area contributed by atoms with E-state index in [4.69, 9.17) is 0 Å². The number of aromatic nitrogens is 3. The van der Waals surface area contributed by atoms with E-state index in [0.717, 1.165) is 29.9 Å². The fraction of sp³-hybridized carbons (Fsp3) is 0.519. The summed E-state index contributed by atoms with van der Waals surface area (Å²) in [6.45, 7) is 7.25. The molecule has 0 unspecified atom stereocenters. The molecule has 0 bridgehead atoms. The van der Waals surface area contributed by atoms with Crippen LogP contribution in [0.5, 0.6) is 0 Å². The molecule has 35 heavy (non-hydrogen) atoms. The van der Waals surface area contributed by atoms with Crippen LogP contribution in [0.15, 0.2) is 35.3 Å². The van der Waals surface area contributed by atoms with E-state index in [2.05, 4.69) is 10.00 Å². The van der Waals surface area contributed by atoms with Crippen LogP contribution in [0.25, 0.3) is 10.8 Å². The van der Waals surface area contributed by atoms with Crippen molar-refractivity contribution < 1.29 is 9.18 Å². The van der Waals surface area contributed by atoms with Crippen molar-refractivity contribution in [3.8, 4) is 0 Å². The Bertz CT molecular complexity index is 1280. The van der Waals surface area contributed by atoms with Crippen LogP contribution >= 0.6 is 0 Å². The third-order valence-corrected chi connectivity index (χ3v) is 7.93. The summed E-state index contributed by atoms with van der Waals surface area (Å²) in [5, 5.41) is 5.62. The number of fused-ring (bicyclic) bond motifs is 1. The van der Waals surface area contributed by atoms with Crippen LogP contribution in [-0.4, -0.2) is 62.3 Å². The van der Waals surface area contributed by atoms with Crippen molar-refractivity contribution in [2.45, 2.75) is 65.1 Å². The van der Waals surface area contributed by atoms with E-state index >= 15 is 0 Å². The normalized spacial score (nSPS) is 17.9. The molecule has 1 aliphatic carbocycles. The fourth-order valence-corrected chi connectivity index (χ4v) is 5.80. The van der Waals surface area contributed by atoms with Gasteiger partial charge in [0.2, 0.25) is 5.91 Å². The highest BCUT2D eigenvalue weighted by molar-refractivity contribution is 5.87. The predicted octanol–water partition coefficient (Wildman–Crippen LogP) is 3.48. The quantitative estimate of drug-likeness (QED) is 0.562.